The van der Waals surface area contributed by atoms with Gasteiger partial charge < -0.3 is 5.32 Å². The summed E-state index contributed by atoms with van der Waals surface area (Å²) < 4.78 is 0. The van der Waals surface area contributed by atoms with Crippen LogP contribution in [0.5, 0.6) is 0 Å². The predicted molar refractivity (Wildman–Crippen MR) is 57.1 cm³/mol. The molecule has 0 atom stereocenters. The van der Waals surface area contributed by atoms with Crippen LogP contribution < -0.4 is 5.32 Å². The quantitative estimate of drug-likeness (QED) is 0.738. The minimum atomic E-state index is 0. The Morgan fingerprint density at radius 2 is 1.85 bits per heavy atom. The first-order valence-corrected chi connectivity index (χ1v) is 5.01. The van der Waals surface area contributed by atoms with Gasteiger partial charge >= 0.3 is 0 Å². The Hall–Kier alpha value is -0.240. The maximum absolute atomic E-state index is 11.1. The summed E-state index contributed by atoms with van der Waals surface area (Å²) in [4.78, 5) is 11.1. The Kier molecular flexibility index (Phi) is 6.13. The van der Waals surface area contributed by atoms with Gasteiger partial charge in [-0.1, -0.05) is 13.8 Å². The lowest BCUT2D eigenvalue weighted by molar-refractivity contribution is -0.121. The second kappa shape index (κ2) is 6.25. The van der Waals surface area contributed by atoms with E-state index in [4.69, 9.17) is 0 Å². The van der Waals surface area contributed by atoms with E-state index in [0.29, 0.717) is 12.5 Å². The Bertz CT molecular complexity index is 153. The third-order valence-corrected chi connectivity index (χ3v) is 2.70. The van der Waals surface area contributed by atoms with Crippen LogP contribution in [0.25, 0.3) is 0 Å². The first-order chi connectivity index (χ1) is 5.72. The molecule has 3 heteroatoms. The van der Waals surface area contributed by atoms with E-state index in [1.807, 2.05) is 6.92 Å². The van der Waals surface area contributed by atoms with E-state index < -0.39 is 0 Å². The van der Waals surface area contributed by atoms with Gasteiger partial charge in [0.05, 0.1) is 0 Å². The number of amides is 1. The third-order valence-electron chi connectivity index (χ3n) is 2.70. The molecule has 78 valence electrons. The fraction of sp³-hybridized carbons (Fsp3) is 0.900. The molecule has 1 amide bonds. The summed E-state index contributed by atoms with van der Waals surface area (Å²) in [6.07, 6.45) is 5.51. The Morgan fingerprint density at radius 1 is 1.31 bits per heavy atom. The molecule has 0 spiro atoms. The van der Waals surface area contributed by atoms with Crippen LogP contribution in [0.15, 0.2) is 0 Å². The van der Waals surface area contributed by atoms with Gasteiger partial charge in [0.15, 0.2) is 0 Å². The number of hydrogen-bond acceptors (Lipinski definition) is 1. The second-order valence-electron chi connectivity index (χ2n) is 3.88. The van der Waals surface area contributed by atoms with Crippen molar-refractivity contribution in [3.63, 3.8) is 0 Å². The third kappa shape index (κ3) is 4.51. The first kappa shape index (κ1) is 12.8. The summed E-state index contributed by atoms with van der Waals surface area (Å²) in [5, 5.41) is 3.05. The van der Waals surface area contributed by atoms with Crippen molar-refractivity contribution in [2.24, 2.45) is 5.92 Å². The van der Waals surface area contributed by atoms with Gasteiger partial charge in [0, 0.05) is 12.5 Å². The van der Waals surface area contributed by atoms with Crippen LogP contribution in [-0.2, 0) is 4.79 Å². The lowest BCUT2D eigenvalue weighted by Crippen LogP contribution is -2.36. The molecular formula is C10H20ClNO. The molecule has 0 heterocycles. The van der Waals surface area contributed by atoms with Crippen molar-refractivity contribution in [1.29, 1.82) is 0 Å². The molecule has 2 nitrogen and oxygen atoms in total. The number of nitrogens with one attached hydrogen (secondary N) is 1. The molecule has 0 aliphatic heterocycles. The molecule has 0 unspecified atom stereocenters. The highest BCUT2D eigenvalue weighted by Gasteiger charge is 2.18. The average Bonchev–Trinajstić information content (AvgIpc) is 2.09. The van der Waals surface area contributed by atoms with Gasteiger partial charge in [-0.2, -0.15) is 0 Å². The van der Waals surface area contributed by atoms with Gasteiger partial charge in [0.1, 0.15) is 0 Å². The predicted octanol–water partition coefficient (Wildman–Crippen LogP) is 2.51. The number of carbonyl (C=O) groups excluding carboxylic acids is 1. The summed E-state index contributed by atoms with van der Waals surface area (Å²) in [6, 6.07) is 0.466. The molecule has 0 aromatic carbocycles. The maximum atomic E-state index is 11.1. The van der Waals surface area contributed by atoms with E-state index in [1.54, 1.807) is 0 Å². The molecule has 13 heavy (non-hydrogen) atoms. The van der Waals surface area contributed by atoms with Crippen LogP contribution in [0.3, 0.4) is 0 Å². The molecular weight excluding hydrogens is 186 g/mol. The van der Waals surface area contributed by atoms with Crippen LogP contribution in [0.2, 0.25) is 0 Å². The zero-order chi connectivity index (χ0) is 8.97. The van der Waals surface area contributed by atoms with Crippen LogP contribution in [0.1, 0.15) is 46.0 Å². The van der Waals surface area contributed by atoms with E-state index >= 15 is 0 Å². The minimum Gasteiger partial charge on any atom is -0.353 e. The SMILES string of the molecule is CCC(=O)N[C@H]1CC[C@@H](C)CC1.Cl. The average molecular weight is 206 g/mol. The van der Waals surface area contributed by atoms with Crippen molar-refractivity contribution >= 4 is 18.3 Å². The van der Waals surface area contributed by atoms with E-state index in [2.05, 4.69) is 12.2 Å². The molecule has 1 N–H and O–H groups in total. The smallest absolute Gasteiger partial charge is 0.219 e. The normalized spacial score (nSPS) is 27.5. The zero-order valence-electron chi connectivity index (χ0n) is 8.51. The Balaban J connectivity index is 0.00000144. The summed E-state index contributed by atoms with van der Waals surface area (Å²) in [5.41, 5.74) is 0. The van der Waals surface area contributed by atoms with Gasteiger partial charge in [0.25, 0.3) is 0 Å². The monoisotopic (exact) mass is 205 g/mol. The highest BCUT2D eigenvalue weighted by atomic mass is 35.5. The van der Waals surface area contributed by atoms with E-state index in [1.165, 1.54) is 25.7 Å². The number of halogens is 1. The lowest BCUT2D eigenvalue weighted by Gasteiger charge is -2.26. The summed E-state index contributed by atoms with van der Waals surface area (Å²) >= 11 is 0. The molecule has 1 aliphatic carbocycles. The Morgan fingerprint density at radius 3 is 2.31 bits per heavy atom. The number of hydrogen-bond donors (Lipinski definition) is 1. The molecule has 0 radical (unpaired) electrons. The molecule has 1 saturated carbocycles. The van der Waals surface area contributed by atoms with Crippen LogP contribution in [-0.4, -0.2) is 11.9 Å². The van der Waals surface area contributed by atoms with Gasteiger partial charge in [-0.25, -0.2) is 0 Å². The van der Waals surface area contributed by atoms with Crippen molar-refractivity contribution < 1.29 is 4.79 Å². The molecule has 0 bridgehead atoms. The molecule has 1 aliphatic rings. The molecule has 0 aromatic heterocycles. The second-order valence-corrected chi connectivity index (χ2v) is 3.88. The molecule has 1 fully saturated rings. The fourth-order valence-electron chi connectivity index (χ4n) is 1.73. The highest BCUT2D eigenvalue weighted by molar-refractivity contribution is 5.85. The standard InChI is InChI=1S/C10H19NO.ClH/c1-3-10(12)11-9-6-4-8(2)5-7-9;/h8-9H,3-7H2,1-2H3,(H,11,12);1H/t8-,9+;. The fourth-order valence-corrected chi connectivity index (χ4v) is 1.73. The summed E-state index contributed by atoms with van der Waals surface area (Å²) in [5.74, 6) is 1.06. The van der Waals surface area contributed by atoms with Gasteiger partial charge in [-0.3, -0.25) is 4.79 Å². The van der Waals surface area contributed by atoms with Gasteiger partial charge in [-0.05, 0) is 31.6 Å². The van der Waals surface area contributed by atoms with Crippen molar-refractivity contribution in [3.05, 3.63) is 0 Å². The van der Waals surface area contributed by atoms with E-state index in [9.17, 15) is 4.79 Å². The minimum absolute atomic E-state index is 0. The van der Waals surface area contributed by atoms with Crippen molar-refractivity contribution in [1.82, 2.24) is 5.32 Å². The van der Waals surface area contributed by atoms with E-state index in [-0.39, 0.29) is 18.3 Å². The number of carbonyl (C=O) groups is 1. The highest BCUT2D eigenvalue weighted by Crippen LogP contribution is 2.23. The summed E-state index contributed by atoms with van der Waals surface area (Å²) in [6.45, 7) is 4.19. The van der Waals surface area contributed by atoms with Crippen LogP contribution in [0, 0.1) is 5.92 Å². The van der Waals surface area contributed by atoms with Crippen molar-refractivity contribution in [2.45, 2.75) is 52.0 Å². The van der Waals surface area contributed by atoms with Gasteiger partial charge in [-0.15, -0.1) is 12.4 Å². The summed E-state index contributed by atoms with van der Waals surface area (Å²) in [7, 11) is 0. The molecule has 0 saturated heterocycles. The van der Waals surface area contributed by atoms with Crippen molar-refractivity contribution in [2.75, 3.05) is 0 Å². The van der Waals surface area contributed by atoms with Crippen molar-refractivity contribution in [3.8, 4) is 0 Å². The molecule has 0 aromatic rings. The van der Waals surface area contributed by atoms with Crippen LogP contribution >= 0.6 is 12.4 Å². The van der Waals surface area contributed by atoms with Gasteiger partial charge in [0.2, 0.25) is 5.91 Å². The van der Waals surface area contributed by atoms with E-state index in [0.717, 1.165) is 5.92 Å². The largest absolute Gasteiger partial charge is 0.353 e. The molecule has 1 rings (SSSR count). The van der Waals surface area contributed by atoms with Crippen LogP contribution in [0.4, 0.5) is 0 Å². The maximum Gasteiger partial charge on any atom is 0.219 e. The Labute approximate surface area is 86.9 Å². The lowest BCUT2D eigenvalue weighted by atomic mass is 9.87. The zero-order valence-corrected chi connectivity index (χ0v) is 9.32. The topological polar surface area (TPSA) is 29.1 Å². The first-order valence-electron chi connectivity index (χ1n) is 5.01. The number of rotatable bonds is 2.